The Balaban J connectivity index is 1.49. The van der Waals surface area contributed by atoms with Gasteiger partial charge >= 0.3 is 0 Å². The van der Waals surface area contributed by atoms with Crippen LogP contribution in [0, 0.1) is 5.41 Å². The van der Waals surface area contributed by atoms with Crippen molar-refractivity contribution in [3.05, 3.63) is 139 Å². The molecule has 0 spiro atoms. The number of para-hydroxylation sites is 4. The Labute approximate surface area is 214 Å². The van der Waals surface area contributed by atoms with Gasteiger partial charge in [0.05, 0.1) is 33.6 Å². The number of nitrogens with zero attached hydrogens (tertiary/aromatic N) is 2. The fourth-order valence-corrected chi connectivity index (χ4v) is 5.47. The lowest BCUT2D eigenvalue weighted by Crippen LogP contribution is -2.11. The average Bonchev–Trinajstić information content (AvgIpc) is 3.45. The molecule has 3 N–H and O–H groups in total. The van der Waals surface area contributed by atoms with E-state index in [0.29, 0.717) is 17.1 Å². The van der Waals surface area contributed by atoms with Gasteiger partial charge in [-0.1, -0.05) is 84.9 Å². The molecule has 0 aliphatic heterocycles. The number of hydrogen-bond acceptors (Lipinski definition) is 2. The second-order valence-electron chi connectivity index (χ2n) is 9.25. The van der Waals surface area contributed by atoms with Crippen LogP contribution in [-0.4, -0.2) is 14.8 Å². The third-order valence-corrected chi connectivity index (χ3v) is 7.14. The Morgan fingerprint density at radius 3 is 1.70 bits per heavy atom. The summed E-state index contributed by atoms with van der Waals surface area (Å²) in [4.78, 5) is 0. The number of hydrogen-bond donors (Lipinski definition) is 2. The molecule has 0 unspecified atom stereocenters. The fourth-order valence-electron chi connectivity index (χ4n) is 5.47. The van der Waals surface area contributed by atoms with Crippen molar-refractivity contribution in [1.29, 1.82) is 5.41 Å². The summed E-state index contributed by atoms with van der Waals surface area (Å²) in [5, 5.41) is 12.7. The van der Waals surface area contributed by atoms with Gasteiger partial charge in [0.25, 0.3) is 0 Å². The van der Waals surface area contributed by atoms with Crippen molar-refractivity contribution in [3.63, 3.8) is 0 Å². The molecule has 0 aliphatic carbocycles. The predicted molar refractivity (Wildman–Crippen MR) is 154 cm³/mol. The lowest BCUT2D eigenvalue weighted by Gasteiger charge is -2.14. The molecule has 0 saturated heterocycles. The minimum Gasteiger partial charge on any atom is -0.396 e. The first-order valence-electron chi connectivity index (χ1n) is 12.3. The van der Waals surface area contributed by atoms with Crippen LogP contribution in [0.4, 0.5) is 5.69 Å². The molecule has 0 aliphatic rings. The van der Waals surface area contributed by atoms with Gasteiger partial charge in [0, 0.05) is 33.1 Å². The highest BCUT2D eigenvalue weighted by atomic mass is 15.0. The standard InChI is InChI=1S/C33H24N4/c34-31(33-32(35)27-16-8-10-18-29(27)37(33)24-13-5-2-6-14-24)22-19-20-26-25-15-7-9-17-28(25)36(30(26)21-22)23-11-3-1-4-12-23/h1-21,34H,35H2. The molecular formula is C33H24N4. The maximum Gasteiger partial charge on any atom is 0.0957 e. The van der Waals surface area contributed by atoms with E-state index >= 15 is 0 Å². The van der Waals surface area contributed by atoms with E-state index in [0.717, 1.165) is 44.3 Å². The summed E-state index contributed by atoms with van der Waals surface area (Å²) >= 11 is 0. The highest BCUT2D eigenvalue weighted by Crippen LogP contribution is 2.36. The largest absolute Gasteiger partial charge is 0.396 e. The molecule has 7 aromatic rings. The molecule has 2 aromatic heterocycles. The van der Waals surface area contributed by atoms with Crippen molar-refractivity contribution < 1.29 is 0 Å². The number of nitrogens with two attached hydrogens (primary N) is 1. The Morgan fingerprint density at radius 2 is 1.03 bits per heavy atom. The third-order valence-electron chi connectivity index (χ3n) is 7.14. The molecule has 0 radical (unpaired) electrons. The van der Waals surface area contributed by atoms with E-state index < -0.39 is 0 Å². The molecule has 0 bridgehead atoms. The second kappa shape index (κ2) is 8.25. The van der Waals surface area contributed by atoms with E-state index in [1.807, 2.05) is 48.5 Å². The zero-order valence-electron chi connectivity index (χ0n) is 20.1. The van der Waals surface area contributed by atoms with Crippen LogP contribution in [0.2, 0.25) is 0 Å². The summed E-state index contributed by atoms with van der Waals surface area (Å²) in [5.41, 5.74) is 14.6. The molecule has 4 heteroatoms. The summed E-state index contributed by atoms with van der Waals surface area (Å²) in [5.74, 6) is 0. The Morgan fingerprint density at radius 1 is 0.514 bits per heavy atom. The number of nitrogen functional groups attached to an aromatic ring is 1. The fraction of sp³-hybridized carbons (Fsp3) is 0. The van der Waals surface area contributed by atoms with Gasteiger partial charge < -0.3 is 14.9 Å². The lowest BCUT2D eigenvalue weighted by molar-refractivity contribution is 1.10. The van der Waals surface area contributed by atoms with Crippen molar-refractivity contribution in [2.24, 2.45) is 0 Å². The molecule has 0 fully saturated rings. The van der Waals surface area contributed by atoms with Gasteiger partial charge in [-0.05, 0) is 42.5 Å². The molecule has 5 aromatic carbocycles. The second-order valence-corrected chi connectivity index (χ2v) is 9.25. The minimum atomic E-state index is 0.393. The topological polar surface area (TPSA) is 59.7 Å². The predicted octanol–water partition coefficient (Wildman–Crippen LogP) is 7.73. The Hall–Kier alpha value is -5.09. The SMILES string of the molecule is N=C(c1ccc2c3ccccc3n(-c3ccccc3)c2c1)c1c(N)c2ccccc2n1-c1ccccc1. The normalized spacial score (nSPS) is 11.5. The zero-order valence-corrected chi connectivity index (χ0v) is 20.1. The van der Waals surface area contributed by atoms with Gasteiger partial charge in [-0.25, -0.2) is 0 Å². The Kier molecular flexibility index (Phi) is 4.73. The van der Waals surface area contributed by atoms with Crippen LogP contribution < -0.4 is 5.73 Å². The van der Waals surface area contributed by atoms with Crippen LogP contribution >= 0.6 is 0 Å². The highest BCUT2D eigenvalue weighted by Gasteiger charge is 2.22. The summed E-state index contributed by atoms with van der Waals surface area (Å²) < 4.78 is 4.38. The van der Waals surface area contributed by atoms with Crippen LogP contribution in [0.5, 0.6) is 0 Å². The summed E-state index contributed by atoms with van der Waals surface area (Å²) in [6, 6.07) is 43.4. The summed E-state index contributed by atoms with van der Waals surface area (Å²) in [6.07, 6.45) is 0. The summed E-state index contributed by atoms with van der Waals surface area (Å²) in [7, 11) is 0. The molecule has 37 heavy (non-hydrogen) atoms. The van der Waals surface area contributed by atoms with Crippen LogP contribution in [0.15, 0.2) is 127 Å². The van der Waals surface area contributed by atoms with E-state index in [1.165, 1.54) is 5.39 Å². The maximum absolute atomic E-state index is 9.41. The molecule has 7 rings (SSSR count). The van der Waals surface area contributed by atoms with Crippen LogP contribution in [0.1, 0.15) is 11.3 Å². The molecule has 0 atom stereocenters. The minimum absolute atomic E-state index is 0.393. The van der Waals surface area contributed by atoms with E-state index in [4.69, 9.17) is 5.73 Å². The molecule has 2 heterocycles. The van der Waals surface area contributed by atoms with Gasteiger partial charge in [0.2, 0.25) is 0 Å². The van der Waals surface area contributed by atoms with Gasteiger partial charge in [-0.15, -0.1) is 0 Å². The number of anilines is 1. The van der Waals surface area contributed by atoms with Gasteiger partial charge in [-0.2, -0.15) is 0 Å². The number of nitrogens with one attached hydrogen (secondary N) is 1. The van der Waals surface area contributed by atoms with E-state index in [9.17, 15) is 5.41 Å². The van der Waals surface area contributed by atoms with Crippen molar-refractivity contribution in [3.8, 4) is 11.4 Å². The molecule has 4 nitrogen and oxygen atoms in total. The van der Waals surface area contributed by atoms with Gasteiger partial charge in [0.15, 0.2) is 0 Å². The van der Waals surface area contributed by atoms with Gasteiger partial charge in [-0.3, -0.25) is 5.41 Å². The first kappa shape index (κ1) is 21.2. The van der Waals surface area contributed by atoms with Crippen LogP contribution in [-0.2, 0) is 0 Å². The lowest BCUT2D eigenvalue weighted by atomic mass is 10.0. The van der Waals surface area contributed by atoms with Crippen molar-refractivity contribution >= 4 is 44.1 Å². The number of rotatable bonds is 4. The van der Waals surface area contributed by atoms with Crippen LogP contribution in [0.3, 0.4) is 0 Å². The van der Waals surface area contributed by atoms with E-state index in [1.54, 1.807) is 0 Å². The van der Waals surface area contributed by atoms with E-state index in [-0.39, 0.29) is 0 Å². The molecule has 0 saturated carbocycles. The molecular weight excluding hydrogens is 452 g/mol. The first-order valence-corrected chi connectivity index (χ1v) is 12.3. The third kappa shape index (κ3) is 3.20. The quantitative estimate of drug-likeness (QED) is 0.251. The number of benzene rings is 5. The van der Waals surface area contributed by atoms with Gasteiger partial charge in [0.1, 0.15) is 0 Å². The average molecular weight is 477 g/mol. The van der Waals surface area contributed by atoms with E-state index in [2.05, 4.69) is 88.0 Å². The monoisotopic (exact) mass is 476 g/mol. The first-order chi connectivity index (χ1) is 18.2. The maximum atomic E-state index is 9.41. The van der Waals surface area contributed by atoms with Crippen molar-refractivity contribution in [1.82, 2.24) is 9.13 Å². The Bertz CT molecular complexity index is 1940. The summed E-state index contributed by atoms with van der Waals surface area (Å²) in [6.45, 7) is 0. The zero-order chi connectivity index (χ0) is 24.9. The highest BCUT2D eigenvalue weighted by molar-refractivity contribution is 6.20. The number of fused-ring (bicyclic) bond motifs is 4. The number of aromatic nitrogens is 2. The smallest absolute Gasteiger partial charge is 0.0957 e. The van der Waals surface area contributed by atoms with Crippen LogP contribution in [0.25, 0.3) is 44.1 Å². The van der Waals surface area contributed by atoms with Crippen molar-refractivity contribution in [2.45, 2.75) is 0 Å². The molecule has 176 valence electrons. The molecule has 0 amide bonds. The van der Waals surface area contributed by atoms with Crippen molar-refractivity contribution in [2.75, 3.05) is 5.73 Å².